The first kappa shape index (κ1) is 19.0. The third-order valence-corrected chi connectivity index (χ3v) is 6.73. The fourth-order valence-electron chi connectivity index (χ4n) is 6.12. The second-order valence-electron chi connectivity index (χ2n) is 9.24. The van der Waals surface area contributed by atoms with Gasteiger partial charge in [0.05, 0.1) is 6.54 Å². The van der Waals surface area contributed by atoms with Crippen LogP contribution in [-0.4, -0.2) is 24.3 Å². The number of hydrogen-bond donors (Lipinski definition) is 3. The first-order valence-corrected chi connectivity index (χ1v) is 10.3. The maximum absolute atomic E-state index is 12.4. The van der Waals surface area contributed by atoms with Gasteiger partial charge < -0.3 is 5.32 Å². The number of hydrogen-bond acceptors (Lipinski definition) is 3. The van der Waals surface area contributed by atoms with Gasteiger partial charge in [0, 0.05) is 12.0 Å². The second kappa shape index (κ2) is 7.57. The number of aryl methyl sites for hydroxylation is 1. The normalized spacial score (nSPS) is 30.0. The quantitative estimate of drug-likeness (QED) is 0.683. The van der Waals surface area contributed by atoms with Crippen molar-refractivity contribution in [3.05, 3.63) is 35.4 Å². The summed E-state index contributed by atoms with van der Waals surface area (Å²) in [6.45, 7) is 1.73. The average molecular weight is 383 g/mol. The summed E-state index contributed by atoms with van der Waals surface area (Å²) in [7, 11) is 0. The lowest BCUT2D eigenvalue weighted by molar-refractivity contribution is -0.134. The summed E-state index contributed by atoms with van der Waals surface area (Å²) in [6.07, 6.45) is 8.01. The molecule has 0 unspecified atom stereocenters. The smallest absolute Gasteiger partial charge is 0.257 e. The Hall–Kier alpha value is -2.37. The molecule has 1 aromatic rings. The Morgan fingerprint density at radius 1 is 0.964 bits per heavy atom. The number of carbonyl (C=O) groups is 3. The maximum Gasteiger partial charge on any atom is 0.257 e. The van der Waals surface area contributed by atoms with E-state index in [1.165, 1.54) is 19.3 Å². The predicted octanol–water partition coefficient (Wildman–Crippen LogP) is 2.48. The van der Waals surface area contributed by atoms with E-state index in [0.717, 1.165) is 42.6 Å². The van der Waals surface area contributed by atoms with Gasteiger partial charge in [-0.05, 0) is 80.8 Å². The first-order valence-electron chi connectivity index (χ1n) is 10.3. The van der Waals surface area contributed by atoms with Crippen molar-refractivity contribution in [2.24, 2.45) is 23.2 Å². The summed E-state index contributed by atoms with van der Waals surface area (Å²) in [5, 5.41) is 2.57. The highest BCUT2D eigenvalue weighted by molar-refractivity contribution is 5.96. The Bertz CT molecular complexity index is 754. The lowest BCUT2D eigenvalue weighted by atomic mass is 9.49. The highest BCUT2D eigenvalue weighted by atomic mass is 16.2. The highest BCUT2D eigenvalue weighted by Gasteiger charge is 2.51. The van der Waals surface area contributed by atoms with Crippen LogP contribution in [0.15, 0.2) is 24.3 Å². The van der Waals surface area contributed by atoms with E-state index in [-0.39, 0.29) is 23.8 Å². The van der Waals surface area contributed by atoms with E-state index in [1.807, 2.05) is 13.0 Å². The molecule has 3 N–H and O–H groups in total. The zero-order valence-corrected chi connectivity index (χ0v) is 16.4. The van der Waals surface area contributed by atoms with Gasteiger partial charge in [0.1, 0.15) is 0 Å². The molecule has 0 aliphatic heterocycles. The second-order valence-corrected chi connectivity index (χ2v) is 9.24. The van der Waals surface area contributed by atoms with Crippen LogP contribution in [0.2, 0.25) is 0 Å². The molecule has 0 radical (unpaired) electrons. The number of amides is 3. The van der Waals surface area contributed by atoms with E-state index >= 15 is 0 Å². The van der Waals surface area contributed by atoms with Crippen molar-refractivity contribution in [2.75, 3.05) is 6.54 Å². The van der Waals surface area contributed by atoms with Gasteiger partial charge in [-0.15, -0.1) is 0 Å². The first-order chi connectivity index (χ1) is 13.4. The number of carbonyl (C=O) groups excluding carboxylic acids is 3. The van der Waals surface area contributed by atoms with Crippen LogP contribution in [0.5, 0.6) is 0 Å². The van der Waals surface area contributed by atoms with Crippen LogP contribution >= 0.6 is 0 Å². The van der Waals surface area contributed by atoms with Gasteiger partial charge in [0.25, 0.3) is 11.8 Å². The van der Waals surface area contributed by atoms with Gasteiger partial charge in [0.15, 0.2) is 0 Å². The van der Waals surface area contributed by atoms with Crippen LogP contribution < -0.4 is 16.2 Å². The third kappa shape index (κ3) is 4.21. The molecule has 4 aliphatic rings. The molecule has 0 atom stereocenters. The molecule has 4 bridgehead atoms. The largest absolute Gasteiger partial charge is 0.343 e. The van der Waals surface area contributed by atoms with E-state index in [4.69, 9.17) is 0 Å². The number of benzene rings is 1. The van der Waals surface area contributed by atoms with Gasteiger partial charge in [0.2, 0.25) is 5.91 Å². The summed E-state index contributed by atoms with van der Waals surface area (Å²) in [4.78, 5) is 36.5. The Labute approximate surface area is 165 Å². The molecule has 6 nitrogen and oxygen atoms in total. The molecule has 3 amide bonds. The summed E-state index contributed by atoms with van der Waals surface area (Å²) in [6, 6.07) is 7.17. The fraction of sp³-hybridized carbons (Fsp3) is 0.591. The van der Waals surface area contributed by atoms with Gasteiger partial charge >= 0.3 is 0 Å². The van der Waals surface area contributed by atoms with Crippen LogP contribution in [-0.2, 0) is 9.59 Å². The molecule has 150 valence electrons. The van der Waals surface area contributed by atoms with Gasteiger partial charge in [-0.25, -0.2) is 0 Å². The van der Waals surface area contributed by atoms with Crippen LogP contribution in [0.3, 0.4) is 0 Å². The molecule has 5 rings (SSSR count). The predicted molar refractivity (Wildman–Crippen MR) is 105 cm³/mol. The Morgan fingerprint density at radius 2 is 1.57 bits per heavy atom. The Kier molecular flexibility index (Phi) is 5.13. The molecular formula is C22H29N3O3. The van der Waals surface area contributed by atoms with Gasteiger partial charge in [-0.3, -0.25) is 25.2 Å². The minimum absolute atomic E-state index is 0.125. The molecule has 0 heterocycles. The summed E-state index contributed by atoms with van der Waals surface area (Å²) in [5.41, 5.74) is 6.61. The number of nitrogens with one attached hydrogen (secondary N) is 3. The minimum atomic E-state index is -0.431. The SMILES string of the molecule is Cc1cccc(C(=O)NCC(=O)NNC(=O)CC23CC4CC(CC(C4)C2)C3)c1. The van der Waals surface area contributed by atoms with Crippen molar-refractivity contribution in [2.45, 2.75) is 51.9 Å². The summed E-state index contributed by atoms with van der Waals surface area (Å²) in [5.74, 6) is 1.53. The molecule has 4 aliphatic carbocycles. The summed E-state index contributed by atoms with van der Waals surface area (Å²) >= 11 is 0. The number of rotatable bonds is 5. The van der Waals surface area contributed by atoms with Crippen molar-refractivity contribution in [1.82, 2.24) is 16.2 Å². The van der Waals surface area contributed by atoms with Crippen LogP contribution in [0.25, 0.3) is 0 Å². The minimum Gasteiger partial charge on any atom is -0.343 e. The topological polar surface area (TPSA) is 87.3 Å². The lowest BCUT2D eigenvalue weighted by Gasteiger charge is -2.56. The molecule has 4 saturated carbocycles. The van der Waals surface area contributed by atoms with Crippen LogP contribution in [0.1, 0.15) is 60.9 Å². The van der Waals surface area contributed by atoms with Crippen molar-refractivity contribution in [3.8, 4) is 0 Å². The lowest BCUT2D eigenvalue weighted by Crippen LogP contribution is -2.51. The van der Waals surface area contributed by atoms with Crippen molar-refractivity contribution in [3.63, 3.8) is 0 Å². The fourth-order valence-corrected chi connectivity index (χ4v) is 6.12. The van der Waals surface area contributed by atoms with Gasteiger partial charge in [-0.1, -0.05) is 17.7 Å². The molecule has 0 aromatic heterocycles. The maximum atomic E-state index is 12.4. The van der Waals surface area contributed by atoms with E-state index in [2.05, 4.69) is 16.2 Å². The van der Waals surface area contributed by atoms with E-state index in [9.17, 15) is 14.4 Å². The van der Waals surface area contributed by atoms with E-state index in [1.54, 1.807) is 18.2 Å². The third-order valence-electron chi connectivity index (χ3n) is 6.73. The van der Waals surface area contributed by atoms with E-state index < -0.39 is 5.91 Å². The Morgan fingerprint density at radius 3 is 2.18 bits per heavy atom. The van der Waals surface area contributed by atoms with Crippen molar-refractivity contribution >= 4 is 17.7 Å². The summed E-state index contributed by atoms with van der Waals surface area (Å²) < 4.78 is 0. The average Bonchev–Trinajstić information content (AvgIpc) is 2.63. The van der Waals surface area contributed by atoms with Gasteiger partial charge in [-0.2, -0.15) is 0 Å². The molecule has 0 spiro atoms. The van der Waals surface area contributed by atoms with Crippen LogP contribution in [0, 0.1) is 30.1 Å². The van der Waals surface area contributed by atoms with E-state index in [0.29, 0.717) is 12.0 Å². The highest BCUT2D eigenvalue weighted by Crippen LogP contribution is 2.61. The molecule has 1 aromatic carbocycles. The van der Waals surface area contributed by atoms with Crippen molar-refractivity contribution < 1.29 is 14.4 Å². The zero-order valence-electron chi connectivity index (χ0n) is 16.4. The monoisotopic (exact) mass is 383 g/mol. The molecule has 0 saturated heterocycles. The standard InChI is InChI=1S/C22H29N3O3/c1-14-3-2-4-18(5-14)21(28)23-13-20(27)25-24-19(26)12-22-9-15-6-16(10-22)8-17(7-15)11-22/h2-5,15-17H,6-13H2,1H3,(H,23,28)(H,24,26)(H,25,27). The van der Waals surface area contributed by atoms with Crippen LogP contribution in [0.4, 0.5) is 0 Å². The molecule has 6 heteroatoms. The van der Waals surface area contributed by atoms with Crippen molar-refractivity contribution in [1.29, 1.82) is 0 Å². The molecule has 28 heavy (non-hydrogen) atoms. The molecule has 4 fully saturated rings. The number of hydrazine groups is 1. The Balaban J connectivity index is 1.21. The molecular weight excluding hydrogens is 354 g/mol. The zero-order chi connectivity index (χ0) is 19.7.